The van der Waals surface area contributed by atoms with Crippen LogP contribution in [0.25, 0.3) is 6.08 Å². The second kappa shape index (κ2) is 6.22. The summed E-state index contributed by atoms with van der Waals surface area (Å²) >= 11 is 0. The van der Waals surface area contributed by atoms with E-state index >= 15 is 0 Å². The topological polar surface area (TPSA) is 61.6 Å². The molecule has 0 radical (unpaired) electrons. The fraction of sp³-hybridized carbons (Fsp3) is 0.429. The first-order chi connectivity index (χ1) is 8.90. The molecule has 0 atom stereocenters. The molecule has 0 aromatic heterocycles. The van der Waals surface area contributed by atoms with Crippen molar-refractivity contribution < 1.29 is 14.4 Å². The monoisotopic (exact) mass is 265 g/mol. The van der Waals surface area contributed by atoms with Crippen LogP contribution in [0.4, 0.5) is 0 Å². The molecular weight excluding hydrogens is 246 g/mol. The molecule has 5 heteroatoms. The summed E-state index contributed by atoms with van der Waals surface area (Å²) in [6.07, 6.45) is 1.48. The van der Waals surface area contributed by atoms with E-state index < -0.39 is 4.92 Å². The van der Waals surface area contributed by atoms with E-state index in [1.807, 2.05) is 6.07 Å². The van der Waals surface area contributed by atoms with E-state index in [4.69, 9.17) is 9.47 Å². The van der Waals surface area contributed by atoms with Crippen LogP contribution in [0.5, 0.6) is 11.5 Å². The molecule has 0 saturated carbocycles. The van der Waals surface area contributed by atoms with Crippen LogP contribution in [0.1, 0.15) is 37.8 Å². The molecule has 0 heterocycles. The van der Waals surface area contributed by atoms with Gasteiger partial charge < -0.3 is 9.47 Å². The van der Waals surface area contributed by atoms with Crippen LogP contribution in [0.2, 0.25) is 0 Å². The Bertz CT molecular complexity index is 506. The van der Waals surface area contributed by atoms with Gasteiger partial charge in [0, 0.05) is 24.1 Å². The maximum Gasteiger partial charge on any atom is 0.243 e. The van der Waals surface area contributed by atoms with Gasteiger partial charge in [-0.05, 0) is 18.1 Å². The first-order valence-electron chi connectivity index (χ1n) is 5.99. The quantitative estimate of drug-likeness (QED) is 0.604. The van der Waals surface area contributed by atoms with Gasteiger partial charge >= 0.3 is 0 Å². The Labute approximate surface area is 113 Å². The molecule has 0 aliphatic rings. The summed E-state index contributed by atoms with van der Waals surface area (Å²) in [6.45, 7) is 5.55. The van der Waals surface area contributed by atoms with Gasteiger partial charge in [-0.2, -0.15) is 0 Å². The largest absolute Gasteiger partial charge is 0.496 e. The summed E-state index contributed by atoms with van der Waals surface area (Å²) in [4.78, 5) is 10.3. The molecule has 19 heavy (non-hydrogen) atoms. The van der Waals surface area contributed by atoms with Crippen molar-refractivity contribution in [3.05, 3.63) is 39.1 Å². The van der Waals surface area contributed by atoms with Crippen molar-refractivity contribution in [2.75, 3.05) is 14.2 Å². The van der Waals surface area contributed by atoms with E-state index in [1.54, 1.807) is 20.3 Å². The molecule has 0 N–H and O–H groups in total. The van der Waals surface area contributed by atoms with Crippen LogP contribution in [0.15, 0.2) is 17.8 Å². The molecule has 0 spiro atoms. The highest BCUT2D eigenvalue weighted by Gasteiger charge is 2.14. The number of allylic oxidation sites excluding steroid dienone is 1. The molecule has 0 saturated heterocycles. The van der Waals surface area contributed by atoms with Crippen molar-refractivity contribution in [3.63, 3.8) is 0 Å². The van der Waals surface area contributed by atoms with Gasteiger partial charge in [-0.25, -0.2) is 0 Å². The lowest BCUT2D eigenvalue weighted by atomic mass is 9.99. The number of hydrogen-bond donors (Lipinski definition) is 0. The molecule has 1 rings (SSSR count). The van der Waals surface area contributed by atoms with E-state index in [2.05, 4.69) is 13.8 Å². The van der Waals surface area contributed by atoms with Crippen molar-refractivity contribution >= 4 is 6.08 Å². The van der Waals surface area contributed by atoms with Crippen molar-refractivity contribution in [3.8, 4) is 11.5 Å². The number of rotatable bonds is 5. The Morgan fingerprint density at radius 2 is 1.84 bits per heavy atom. The lowest BCUT2D eigenvalue weighted by Gasteiger charge is -2.15. The Hall–Kier alpha value is -2.04. The minimum Gasteiger partial charge on any atom is -0.496 e. The molecule has 0 fully saturated rings. The van der Waals surface area contributed by atoms with Gasteiger partial charge in [0.2, 0.25) is 5.70 Å². The Kier molecular flexibility index (Phi) is 4.92. The normalized spacial score (nSPS) is 11.6. The number of benzene rings is 1. The highest BCUT2D eigenvalue weighted by atomic mass is 16.6. The molecule has 0 aliphatic heterocycles. The van der Waals surface area contributed by atoms with E-state index in [9.17, 15) is 10.1 Å². The van der Waals surface area contributed by atoms with Crippen molar-refractivity contribution in [1.82, 2.24) is 0 Å². The van der Waals surface area contributed by atoms with Crippen LogP contribution in [-0.2, 0) is 0 Å². The number of methoxy groups -OCH3 is 2. The summed E-state index contributed by atoms with van der Waals surface area (Å²) in [7, 11) is 3.13. The average Bonchev–Trinajstić information content (AvgIpc) is 2.37. The van der Waals surface area contributed by atoms with Gasteiger partial charge in [-0.1, -0.05) is 13.8 Å². The van der Waals surface area contributed by atoms with Gasteiger partial charge in [0.25, 0.3) is 0 Å². The molecule has 0 aliphatic carbocycles. The molecule has 0 bridgehead atoms. The SMILES string of the molecule is COc1cc(C(C)C)c(OC)cc1/C=C(\C)[N+](=O)[O-]. The second-order valence-corrected chi connectivity index (χ2v) is 4.53. The lowest BCUT2D eigenvalue weighted by molar-refractivity contribution is -0.422. The highest BCUT2D eigenvalue weighted by Crippen LogP contribution is 2.34. The zero-order valence-corrected chi connectivity index (χ0v) is 11.9. The van der Waals surface area contributed by atoms with Crippen LogP contribution >= 0.6 is 0 Å². The Morgan fingerprint density at radius 1 is 1.26 bits per heavy atom. The number of nitro groups is 1. The summed E-state index contributed by atoms with van der Waals surface area (Å²) in [5, 5.41) is 10.7. The van der Waals surface area contributed by atoms with Gasteiger partial charge in [0.1, 0.15) is 11.5 Å². The fourth-order valence-electron chi connectivity index (χ4n) is 1.79. The van der Waals surface area contributed by atoms with Gasteiger partial charge in [0.05, 0.1) is 19.1 Å². The third kappa shape index (κ3) is 3.47. The summed E-state index contributed by atoms with van der Waals surface area (Å²) < 4.78 is 10.6. The maximum absolute atomic E-state index is 10.7. The summed E-state index contributed by atoms with van der Waals surface area (Å²) in [6, 6.07) is 3.63. The highest BCUT2D eigenvalue weighted by molar-refractivity contribution is 5.62. The van der Waals surface area contributed by atoms with Crippen LogP contribution in [0, 0.1) is 10.1 Å². The molecule has 1 aromatic carbocycles. The zero-order chi connectivity index (χ0) is 14.6. The van der Waals surface area contributed by atoms with E-state index in [0.29, 0.717) is 17.1 Å². The molecule has 0 amide bonds. The van der Waals surface area contributed by atoms with Crippen molar-refractivity contribution in [1.29, 1.82) is 0 Å². The van der Waals surface area contributed by atoms with Crippen molar-refractivity contribution in [2.24, 2.45) is 0 Å². The summed E-state index contributed by atoms with van der Waals surface area (Å²) in [5.74, 6) is 1.59. The van der Waals surface area contributed by atoms with E-state index in [0.717, 1.165) is 5.56 Å². The molecule has 0 unspecified atom stereocenters. The first-order valence-corrected chi connectivity index (χ1v) is 5.99. The Balaban J connectivity index is 3.40. The van der Waals surface area contributed by atoms with E-state index in [1.165, 1.54) is 13.0 Å². The molecule has 104 valence electrons. The van der Waals surface area contributed by atoms with Crippen LogP contribution in [0.3, 0.4) is 0 Å². The fourth-order valence-corrected chi connectivity index (χ4v) is 1.79. The smallest absolute Gasteiger partial charge is 0.243 e. The average molecular weight is 265 g/mol. The third-order valence-corrected chi connectivity index (χ3v) is 2.86. The van der Waals surface area contributed by atoms with Gasteiger partial charge in [0.15, 0.2) is 0 Å². The molecular formula is C14H19NO4. The minimum absolute atomic E-state index is 0.0534. The number of hydrogen-bond acceptors (Lipinski definition) is 4. The van der Waals surface area contributed by atoms with Crippen LogP contribution < -0.4 is 9.47 Å². The minimum atomic E-state index is -0.428. The predicted molar refractivity (Wildman–Crippen MR) is 74.3 cm³/mol. The second-order valence-electron chi connectivity index (χ2n) is 4.53. The molecule has 5 nitrogen and oxygen atoms in total. The number of ether oxygens (including phenoxy) is 2. The zero-order valence-electron chi connectivity index (χ0n) is 11.9. The van der Waals surface area contributed by atoms with Gasteiger partial charge in [-0.15, -0.1) is 0 Å². The number of nitrogens with zero attached hydrogens (tertiary/aromatic N) is 1. The first kappa shape index (κ1) is 15.0. The standard InChI is InChI=1S/C14H19NO4/c1-9(2)12-8-13(18-4)11(7-14(12)19-5)6-10(3)15(16)17/h6-9H,1-5H3/b10-6+. The van der Waals surface area contributed by atoms with Crippen LogP contribution in [-0.4, -0.2) is 19.1 Å². The lowest BCUT2D eigenvalue weighted by Crippen LogP contribution is -1.99. The predicted octanol–water partition coefficient (Wildman–Crippen LogP) is 3.46. The molecule has 1 aromatic rings. The Morgan fingerprint density at radius 3 is 2.26 bits per heavy atom. The van der Waals surface area contributed by atoms with Crippen molar-refractivity contribution in [2.45, 2.75) is 26.7 Å². The maximum atomic E-state index is 10.7. The van der Waals surface area contributed by atoms with E-state index in [-0.39, 0.29) is 11.6 Å². The third-order valence-electron chi connectivity index (χ3n) is 2.86. The van der Waals surface area contributed by atoms with Gasteiger partial charge in [-0.3, -0.25) is 10.1 Å². The summed E-state index contributed by atoms with van der Waals surface area (Å²) in [5.41, 5.74) is 1.70.